The number of carbonyl (C=O) groups excluding carboxylic acids is 1. The van der Waals surface area contributed by atoms with E-state index in [9.17, 15) is 4.79 Å². The minimum Gasteiger partial charge on any atom is -0.493 e. The molecule has 2 aromatic heterocycles. The number of thiazole rings is 1. The zero-order chi connectivity index (χ0) is 19.8. The van der Waals surface area contributed by atoms with E-state index in [1.807, 2.05) is 47.9 Å². The maximum absolute atomic E-state index is 12.9. The molecular formula is C20H17ClN2O3S2. The van der Waals surface area contributed by atoms with Crippen LogP contribution in [-0.2, 0) is 6.54 Å². The van der Waals surface area contributed by atoms with E-state index >= 15 is 0 Å². The second kappa shape index (κ2) is 7.58. The van der Waals surface area contributed by atoms with Crippen LogP contribution < -0.4 is 14.3 Å². The number of rotatable bonds is 4. The smallest absolute Gasteiger partial charge is 0.291 e. The first-order valence-electron chi connectivity index (χ1n) is 8.58. The Morgan fingerprint density at radius 2 is 1.82 bits per heavy atom. The molecule has 2 aromatic carbocycles. The van der Waals surface area contributed by atoms with Crippen LogP contribution in [-0.4, -0.2) is 24.7 Å². The number of thiophene rings is 1. The van der Waals surface area contributed by atoms with Gasteiger partial charge in [-0.3, -0.25) is 4.79 Å². The quantitative estimate of drug-likeness (QED) is 0.436. The molecule has 0 saturated carbocycles. The molecule has 0 saturated heterocycles. The van der Waals surface area contributed by atoms with Crippen molar-refractivity contribution in [3.8, 4) is 11.5 Å². The largest absolute Gasteiger partial charge is 0.493 e. The number of benzene rings is 2. The van der Waals surface area contributed by atoms with E-state index < -0.39 is 0 Å². The Hall–Kier alpha value is -2.35. The van der Waals surface area contributed by atoms with E-state index in [4.69, 9.17) is 21.1 Å². The van der Waals surface area contributed by atoms with Gasteiger partial charge in [0.1, 0.15) is 4.88 Å². The van der Waals surface area contributed by atoms with E-state index in [1.54, 1.807) is 14.2 Å². The molecule has 0 aliphatic carbocycles. The summed E-state index contributed by atoms with van der Waals surface area (Å²) in [6, 6.07) is 11.5. The molecule has 0 aliphatic heterocycles. The Morgan fingerprint density at radius 1 is 1.11 bits per heavy atom. The highest BCUT2D eigenvalue weighted by atomic mass is 35.5. The average Bonchev–Trinajstić information content (AvgIpc) is 3.23. The number of carbonyl (C=O) groups is 1. The highest BCUT2D eigenvalue weighted by Gasteiger charge is 2.18. The van der Waals surface area contributed by atoms with Gasteiger partial charge in [-0.05, 0) is 13.0 Å². The summed E-state index contributed by atoms with van der Waals surface area (Å²) in [7, 11) is 3.20. The molecule has 0 aliphatic rings. The van der Waals surface area contributed by atoms with Crippen molar-refractivity contribution in [2.24, 2.45) is 4.99 Å². The normalized spacial score (nSPS) is 12.1. The van der Waals surface area contributed by atoms with E-state index in [0.29, 0.717) is 32.7 Å². The minimum atomic E-state index is -0.334. The fourth-order valence-electron chi connectivity index (χ4n) is 3.08. The lowest BCUT2D eigenvalue weighted by molar-refractivity contribution is 0.100. The Morgan fingerprint density at radius 3 is 2.50 bits per heavy atom. The van der Waals surface area contributed by atoms with Crippen LogP contribution in [0.1, 0.15) is 16.6 Å². The second-order valence-corrected chi connectivity index (χ2v) is 8.40. The Labute approximate surface area is 174 Å². The van der Waals surface area contributed by atoms with Crippen molar-refractivity contribution in [1.82, 2.24) is 4.57 Å². The number of aromatic nitrogens is 1. The van der Waals surface area contributed by atoms with Gasteiger partial charge in [0.05, 0.1) is 29.5 Å². The maximum Gasteiger partial charge on any atom is 0.291 e. The summed E-state index contributed by atoms with van der Waals surface area (Å²) in [5.74, 6) is 0.948. The van der Waals surface area contributed by atoms with Gasteiger partial charge in [-0.15, -0.1) is 11.3 Å². The van der Waals surface area contributed by atoms with Gasteiger partial charge in [-0.2, -0.15) is 4.99 Å². The van der Waals surface area contributed by atoms with Gasteiger partial charge in [0.2, 0.25) is 0 Å². The molecule has 5 nitrogen and oxygen atoms in total. The standard InChI is InChI=1S/C20H17ClN2O3S2/c1-4-23-12-9-13(25-2)14(26-3)10-16(12)28-20(23)22-19(24)18-17(21)11-7-5-6-8-15(11)27-18/h5-10H,4H2,1-3H3. The van der Waals surface area contributed by atoms with Crippen molar-refractivity contribution >= 4 is 60.5 Å². The number of amides is 1. The summed E-state index contributed by atoms with van der Waals surface area (Å²) >= 11 is 9.24. The molecule has 0 spiro atoms. The third-order valence-corrected chi connectivity index (χ3v) is 7.14. The monoisotopic (exact) mass is 432 g/mol. The van der Waals surface area contributed by atoms with Gasteiger partial charge in [-0.25, -0.2) is 0 Å². The summed E-state index contributed by atoms with van der Waals surface area (Å²) in [5, 5.41) is 1.34. The zero-order valence-corrected chi connectivity index (χ0v) is 17.9. The number of halogens is 1. The average molecular weight is 433 g/mol. The fraction of sp³-hybridized carbons (Fsp3) is 0.200. The predicted octanol–water partition coefficient (Wildman–Crippen LogP) is 5.35. The van der Waals surface area contributed by atoms with Crippen LogP contribution in [0.2, 0.25) is 5.02 Å². The van der Waals surface area contributed by atoms with Crippen molar-refractivity contribution in [2.75, 3.05) is 14.2 Å². The molecule has 28 heavy (non-hydrogen) atoms. The van der Waals surface area contributed by atoms with Crippen LogP contribution in [0.15, 0.2) is 41.4 Å². The first-order chi connectivity index (χ1) is 13.6. The van der Waals surface area contributed by atoms with Crippen LogP contribution in [0.4, 0.5) is 0 Å². The molecule has 4 rings (SSSR count). The first kappa shape index (κ1) is 19.0. The molecule has 0 unspecified atom stereocenters. The number of aryl methyl sites for hydroxylation is 1. The molecule has 0 atom stereocenters. The van der Waals surface area contributed by atoms with Crippen molar-refractivity contribution in [3.05, 3.63) is 51.1 Å². The number of fused-ring (bicyclic) bond motifs is 2. The van der Waals surface area contributed by atoms with Crippen LogP contribution in [0.5, 0.6) is 11.5 Å². The van der Waals surface area contributed by atoms with Crippen LogP contribution in [0.3, 0.4) is 0 Å². The van der Waals surface area contributed by atoms with Gasteiger partial charge < -0.3 is 14.0 Å². The minimum absolute atomic E-state index is 0.334. The molecule has 1 amide bonds. The predicted molar refractivity (Wildman–Crippen MR) is 115 cm³/mol. The van der Waals surface area contributed by atoms with E-state index in [1.165, 1.54) is 22.7 Å². The van der Waals surface area contributed by atoms with E-state index in [-0.39, 0.29) is 5.91 Å². The van der Waals surface area contributed by atoms with Crippen molar-refractivity contribution < 1.29 is 14.3 Å². The first-order valence-corrected chi connectivity index (χ1v) is 10.6. The summed E-state index contributed by atoms with van der Waals surface area (Å²) < 4.78 is 14.7. The van der Waals surface area contributed by atoms with Crippen molar-refractivity contribution in [1.29, 1.82) is 0 Å². The topological polar surface area (TPSA) is 52.8 Å². The molecule has 0 bridgehead atoms. The highest BCUT2D eigenvalue weighted by Crippen LogP contribution is 2.36. The lowest BCUT2D eigenvalue weighted by atomic mass is 10.2. The Bertz CT molecular complexity index is 1270. The van der Waals surface area contributed by atoms with Gasteiger partial charge in [0.15, 0.2) is 16.3 Å². The molecule has 4 aromatic rings. The number of ether oxygens (including phenoxy) is 2. The highest BCUT2D eigenvalue weighted by molar-refractivity contribution is 7.21. The lowest BCUT2D eigenvalue weighted by Crippen LogP contribution is -2.15. The van der Waals surface area contributed by atoms with Crippen molar-refractivity contribution in [3.63, 3.8) is 0 Å². The van der Waals surface area contributed by atoms with Crippen LogP contribution >= 0.6 is 34.3 Å². The van der Waals surface area contributed by atoms with Gasteiger partial charge in [0, 0.05) is 28.8 Å². The molecule has 144 valence electrons. The fourth-order valence-corrected chi connectivity index (χ4v) is 5.58. The van der Waals surface area contributed by atoms with Crippen molar-refractivity contribution in [2.45, 2.75) is 13.5 Å². The Kier molecular flexibility index (Phi) is 5.14. The maximum atomic E-state index is 12.9. The summed E-state index contributed by atoms with van der Waals surface area (Å²) in [6.07, 6.45) is 0. The van der Waals surface area contributed by atoms with Crippen LogP contribution in [0.25, 0.3) is 20.3 Å². The second-order valence-electron chi connectivity index (χ2n) is 5.96. The molecule has 0 radical (unpaired) electrons. The summed E-state index contributed by atoms with van der Waals surface area (Å²) in [4.78, 5) is 18.4. The van der Waals surface area contributed by atoms with Gasteiger partial charge in [-0.1, -0.05) is 41.1 Å². The number of hydrogen-bond donors (Lipinski definition) is 0. The SMILES string of the molecule is CCn1c(=NC(=O)c2sc3ccccc3c2Cl)sc2cc(OC)c(OC)cc21. The molecule has 0 fully saturated rings. The zero-order valence-electron chi connectivity index (χ0n) is 15.5. The van der Waals surface area contributed by atoms with Crippen LogP contribution in [0, 0.1) is 0 Å². The Balaban J connectivity index is 1.88. The third kappa shape index (κ3) is 3.09. The third-order valence-electron chi connectivity index (χ3n) is 4.43. The summed E-state index contributed by atoms with van der Waals surface area (Å²) in [6.45, 7) is 2.68. The van der Waals surface area contributed by atoms with E-state index in [0.717, 1.165) is 20.3 Å². The number of nitrogens with zero attached hydrogens (tertiary/aromatic N) is 2. The molecular weight excluding hydrogens is 416 g/mol. The van der Waals surface area contributed by atoms with Gasteiger partial charge in [0.25, 0.3) is 5.91 Å². The number of methoxy groups -OCH3 is 2. The number of hydrogen-bond acceptors (Lipinski definition) is 5. The molecule has 0 N–H and O–H groups in total. The summed E-state index contributed by atoms with van der Waals surface area (Å²) in [5.41, 5.74) is 0.944. The molecule has 2 heterocycles. The van der Waals surface area contributed by atoms with Gasteiger partial charge >= 0.3 is 0 Å². The lowest BCUT2D eigenvalue weighted by Gasteiger charge is -2.08. The van der Waals surface area contributed by atoms with E-state index in [2.05, 4.69) is 4.99 Å². The molecule has 8 heteroatoms.